The van der Waals surface area contributed by atoms with E-state index in [9.17, 15) is 9.59 Å². The summed E-state index contributed by atoms with van der Waals surface area (Å²) in [7, 11) is 0. The maximum atomic E-state index is 12.1. The van der Waals surface area contributed by atoms with Gasteiger partial charge in [0, 0.05) is 21.2 Å². The molecule has 3 nitrogen and oxygen atoms in total. The number of nitrogens with zero attached hydrogens (tertiary/aromatic N) is 1. The largest absolute Gasteiger partial charge is 0.277 e. The number of hydrogen-bond donors (Lipinski definition) is 0. The third kappa shape index (κ3) is 1.85. The van der Waals surface area contributed by atoms with Crippen molar-refractivity contribution in [2.45, 2.75) is 25.8 Å². The Kier molecular flexibility index (Phi) is 2.83. The minimum Gasteiger partial charge on any atom is -0.277 e. The molecule has 0 radical (unpaired) electrons. The molecule has 1 aliphatic heterocycles. The van der Waals surface area contributed by atoms with Crippen LogP contribution >= 0.6 is 27.3 Å². The number of imide groups is 1. The average Bonchev–Trinajstić information content (AvgIpc) is 2.90. The van der Waals surface area contributed by atoms with Gasteiger partial charge >= 0.3 is 0 Å². The summed E-state index contributed by atoms with van der Waals surface area (Å²) in [6.45, 7) is 0.433. The molecule has 1 aliphatic carbocycles. The molecule has 2 heterocycles. The summed E-state index contributed by atoms with van der Waals surface area (Å²) in [5, 5.41) is 1.97. The summed E-state index contributed by atoms with van der Waals surface area (Å²) < 4.78 is 0.987. The number of amides is 2. The lowest BCUT2D eigenvalue weighted by atomic mass is 9.97. The smallest absolute Gasteiger partial charge is 0.232 e. The summed E-state index contributed by atoms with van der Waals surface area (Å²) in [6.07, 6.45) is 2.55. The molecule has 1 saturated heterocycles. The van der Waals surface area contributed by atoms with E-state index in [2.05, 4.69) is 15.9 Å². The topological polar surface area (TPSA) is 37.4 Å². The average molecular weight is 314 g/mol. The molecule has 0 spiro atoms. The molecule has 2 fully saturated rings. The van der Waals surface area contributed by atoms with Gasteiger partial charge in [-0.2, -0.15) is 0 Å². The second kappa shape index (κ2) is 4.21. The molecule has 1 saturated carbocycles. The summed E-state index contributed by atoms with van der Waals surface area (Å²) in [6, 6.07) is 1.95. The Bertz CT molecular complexity index is 463. The van der Waals surface area contributed by atoms with E-state index in [4.69, 9.17) is 0 Å². The Balaban J connectivity index is 1.85. The fraction of sp³-hybridized carbons (Fsp3) is 0.500. The van der Waals surface area contributed by atoms with Gasteiger partial charge in [0.25, 0.3) is 0 Å². The quantitative estimate of drug-likeness (QED) is 0.787. The van der Waals surface area contributed by atoms with Gasteiger partial charge in [0.2, 0.25) is 11.8 Å². The minimum atomic E-state index is 0.0315. The van der Waals surface area contributed by atoms with Gasteiger partial charge in [-0.05, 0) is 46.6 Å². The molecule has 2 atom stereocenters. The van der Waals surface area contributed by atoms with Gasteiger partial charge in [-0.25, -0.2) is 0 Å². The van der Waals surface area contributed by atoms with Gasteiger partial charge in [0.05, 0.1) is 6.54 Å². The SMILES string of the molecule is O=C1C2CCC(C2)C(=O)N1Cc1sccc1Br. The van der Waals surface area contributed by atoms with Crippen molar-refractivity contribution in [3.63, 3.8) is 0 Å². The number of fused-ring (bicyclic) bond motifs is 2. The molecule has 5 heteroatoms. The summed E-state index contributed by atoms with van der Waals surface area (Å²) >= 11 is 5.02. The zero-order valence-corrected chi connectivity index (χ0v) is 11.6. The Morgan fingerprint density at radius 2 is 1.94 bits per heavy atom. The molecule has 1 aromatic rings. The molecule has 2 bridgehead atoms. The molecule has 0 N–H and O–H groups in total. The monoisotopic (exact) mass is 313 g/mol. The van der Waals surface area contributed by atoms with E-state index in [0.717, 1.165) is 28.6 Å². The summed E-state index contributed by atoms with van der Waals surface area (Å²) in [5.41, 5.74) is 0. The standard InChI is InChI=1S/C12H12BrNO2S/c13-9-3-4-17-10(9)6-14-11(15)7-1-2-8(5-7)12(14)16/h3-4,7-8H,1-2,5-6H2. The number of thiophene rings is 1. The van der Waals surface area contributed by atoms with Crippen molar-refractivity contribution in [2.75, 3.05) is 0 Å². The highest BCUT2D eigenvalue weighted by Gasteiger charge is 2.45. The number of likely N-dealkylation sites (tertiary alicyclic amines) is 1. The Morgan fingerprint density at radius 3 is 2.47 bits per heavy atom. The highest BCUT2D eigenvalue weighted by molar-refractivity contribution is 9.10. The first-order chi connectivity index (χ1) is 8.16. The van der Waals surface area contributed by atoms with E-state index in [1.807, 2.05) is 11.4 Å². The van der Waals surface area contributed by atoms with E-state index in [1.165, 1.54) is 4.90 Å². The van der Waals surface area contributed by atoms with E-state index >= 15 is 0 Å². The number of carbonyl (C=O) groups excluding carboxylic acids is 2. The number of halogens is 1. The molecule has 2 aliphatic rings. The maximum absolute atomic E-state index is 12.1. The lowest BCUT2D eigenvalue weighted by molar-refractivity contribution is -0.153. The molecule has 1 aromatic heterocycles. The van der Waals surface area contributed by atoms with Crippen molar-refractivity contribution >= 4 is 39.1 Å². The number of rotatable bonds is 2. The molecule has 90 valence electrons. The first-order valence-corrected chi connectivity index (χ1v) is 7.41. The molecule has 3 rings (SSSR count). The first kappa shape index (κ1) is 11.4. The Labute approximate surface area is 112 Å². The minimum absolute atomic E-state index is 0.0315. The van der Waals surface area contributed by atoms with Crippen LogP contribution in [0, 0.1) is 11.8 Å². The van der Waals surface area contributed by atoms with Gasteiger partial charge in [-0.3, -0.25) is 14.5 Å². The second-order valence-corrected chi connectivity index (χ2v) is 6.52. The number of piperidine rings is 1. The fourth-order valence-electron chi connectivity index (χ4n) is 2.72. The lowest BCUT2D eigenvalue weighted by Gasteiger charge is -2.29. The molecular weight excluding hydrogens is 302 g/mol. The normalized spacial score (nSPS) is 27.9. The van der Waals surface area contributed by atoms with Crippen molar-refractivity contribution < 1.29 is 9.59 Å². The van der Waals surface area contributed by atoms with E-state index in [-0.39, 0.29) is 23.7 Å². The van der Waals surface area contributed by atoms with E-state index < -0.39 is 0 Å². The number of hydrogen-bond acceptors (Lipinski definition) is 3. The Hall–Kier alpha value is -0.680. The zero-order valence-electron chi connectivity index (χ0n) is 9.19. The predicted octanol–water partition coefficient (Wildman–Crippen LogP) is 2.80. The van der Waals surface area contributed by atoms with Crippen LogP contribution in [0.2, 0.25) is 0 Å². The maximum Gasteiger partial charge on any atom is 0.232 e. The van der Waals surface area contributed by atoms with E-state index in [0.29, 0.717) is 6.54 Å². The van der Waals surface area contributed by atoms with E-state index in [1.54, 1.807) is 11.3 Å². The van der Waals surface area contributed by atoms with Crippen LogP contribution in [-0.4, -0.2) is 16.7 Å². The van der Waals surface area contributed by atoms with Crippen molar-refractivity contribution in [3.05, 3.63) is 20.8 Å². The molecular formula is C12H12BrNO2S. The van der Waals surface area contributed by atoms with Crippen LogP contribution in [0.5, 0.6) is 0 Å². The zero-order chi connectivity index (χ0) is 12.0. The molecule has 17 heavy (non-hydrogen) atoms. The van der Waals surface area contributed by atoms with Crippen molar-refractivity contribution in [1.82, 2.24) is 4.90 Å². The van der Waals surface area contributed by atoms with Gasteiger partial charge in [0.1, 0.15) is 0 Å². The van der Waals surface area contributed by atoms with Crippen LogP contribution < -0.4 is 0 Å². The van der Waals surface area contributed by atoms with Crippen LogP contribution in [0.4, 0.5) is 0 Å². The van der Waals surface area contributed by atoms with Gasteiger partial charge < -0.3 is 0 Å². The second-order valence-electron chi connectivity index (χ2n) is 4.66. The first-order valence-electron chi connectivity index (χ1n) is 5.74. The van der Waals surface area contributed by atoms with Crippen LogP contribution in [-0.2, 0) is 16.1 Å². The molecule has 2 unspecified atom stereocenters. The third-order valence-electron chi connectivity index (χ3n) is 3.66. The van der Waals surface area contributed by atoms with Crippen LogP contribution in [0.1, 0.15) is 24.1 Å². The van der Waals surface area contributed by atoms with Gasteiger partial charge in [-0.1, -0.05) is 0 Å². The highest BCUT2D eigenvalue weighted by Crippen LogP contribution is 2.39. The predicted molar refractivity (Wildman–Crippen MR) is 68.4 cm³/mol. The fourth-order valence-corrected chi connectivity index (χ4v) is 4.18. The highest BCUT2D eigenvalue weighted by atomic mass is 79.9. The van der Waals surface area contributed by atoms with Gasteiger partial charge in [0.15, 0.2) is 0 Å². The third-order valence-corrected chi connectivity index (χ3v) is 5.57. The lowest BCUT2D eigenvalue weighted by Crippen LogP contribution is -2.45. The molecule has 2 amide bonds. The molecule has 0 aromatic carbocycles. The van der Waals surface area contributed by atoms with Crippen LogP contribution in [0.15, 0.2) is 15.9 Å². The van der Waals surface area contributed by atoms with Crippen LogP contribution in [0.25, 0.3) is 0 Å². The Morgan fingerprint density at radius 1 is 1.29 bits per heavy atom. The van der Waals surface area contributed by atoms with Crippen LogP contribution in [0.3, 0.4) is 0 Å². The summed E-state index contributed by atoms with van der Waals surface area (Å²) in [4.78, 5) is 26.8. The summed E-state index contributed by atoms with van der Waals surface area (Å²) in [5.74, 6) is 0.251. The van der Waals surface area contributed by atoms with Crippen molar-refractivity contribution in [3.8, 4) is 0 Å². The van der Waals surface area contributed by atoms with Gasteiger partial charge in [-0.15, -0.1) is 11.3 Å². The number of carbonyl (C=O) groups is 2. The van der Waals surface area contributed by atoms with Crippen molar-refractivity contribution in [2.24, 2.45) is 11.8 Å². The van der Waals surface area contributed by atoms with Crippen molar-refractivity contribution in [1.29, 1.82) is 0 Å².